The smallest absolute Gasteiger partial charge is 0.338 e. The zero-order chi connectivity index (χ0) is 13.2. The molecule has 19 heavy (non-hydrogen) atoms. The van der Waals surface area contributed by atoms with Crippen molar-refractivity contribution in [2.75, 3.05) is 0 Å². The lowest BCUT2D eigenvalue weighted by Gasteiger charge is -2.28. The molecule has 0 aromatic heterocycles. The molecule has 1 fully saturated rings. The van der Waals surface area contributed by atoms with Gasteiger partial charge in [-0.25, -0.2) is 4.79 Å². The number of carbonyl (C=O) groups excluding carboxylic acids is 1. The topological polar surface area (TPSA) is 38.3 Å². The van der Waals surface area contributed by atoms with Crippen LogP contribution in [0.3, 0.4) is 0 Å². The Morgan fingerprint density at radius 3 is 2.84 bits per heavy atom. The second kappa shape index (κ2) is 5.33. The third kappa shape index (κ3) is 2.66. The van der Waals surface area contributed by atoms with Crippen LogP contribution >= 0.6 is 0 Å². The SMILES string of the molecule is CC1CCCCC1OC(=O)c1ccc2c(c1)CNC2. The summed E-state index contributed by atoms with van der Waals surface area (Å²) in [4.78, 5) is 12.2. The number of carbonyl (C=O) groups is 1. The lowest BCUT2D eigenvalue weighted by molar-refractivity contribution is 0.00481. The second-order valence-electron chi connectivity index (χ2n) is 5.79. The number of nitrogens with one attached hydrogen (secondary N) is 1. The van der Waals surface area contributed by atoms with Crippen LogP contribution in [0.5, 0.6) is 0 Å². The molecule has 1 N–H and O–H groups in total. The zero-order valence-corrected chi connectivity index (χ0v) is 11.4. The summed E-state index contributed by atoms with van der Waals surface area (Å²) in [5.74, 6) is 0.335. The Balaban J connectivity index is 1.70. The Hall–Kier alpha value is -1.35. The number of benzene rings is 1. The van der Waals surface area contributed by atoms with Crippen molar-refractivity contribution in [3.05, 3.63) is 34.9 Å². The van der Waals surface area contributed by atoms with E-state index in [-0.39, 0.29) is 12.1 Å². The fraction of sp³-hybridized carbons (Fsp3) is 0.562. The van der Waals surface area contributed by atoms with E-state index in [4.69, 9.17) is 4.74 Å². The van der Waals surface area contributed by atoms with Gasteiger partial charge in [-0.05, 0) is 48.4 Å². The molecule has 2 unspecified atom stereocenters. The van der Waals surface area contributed by atoms with Gasteiger partial charge < -0.3 is 10.1 Å². The maximum absolute atomic E-state index is 12.2. The molecule has 0 spiro atoms. The van der Waals surface area contributed by atoms with E-state index in [1.54, 1.807) is 0 Å². The highest BCUT2D eigenvalue weighted by Gasteiger charge is 2.25. The second-order valence-corrected chi connectivity index (χ2v) is 5.79. The molecule has 0 amide bonds. The van der Waals surface area contributed by atoms with Crippen molar-refractivity contribution in [1.82, 2.24) is 5.32 Å². The predicted octanol–water partition coefficient (Wildman–Crippen LogP) is 3.03. The average Bonchev–Trinajstić information content (AvgIpc) is 2.88. The lowest BCUT2D eigenvalue weighted by atomic mass is 9.88. The van der Waals surface area contributed by atoms with E-state index in [1.165, 1.54) is 30.4 Å². The molecule has 1 saturated carbocycles. The normalized spacial score (nSPS) is 25.9. The molecule has 1 aliphatic heterocycles. The minimum Gasteiger partial charge on any atom is -0.459 e. The fourth-order valence-corrected chi connectivity index (χ4v) is 3.08. The van der Waals surface area contributed by atoms with E-state index >= 15 is 0 Å². The third-order valence-electron chi connectivity index (χ3n) is 4.36. The Bertz CT molecular complexity index is 484. The highest BCUT2D eigenvalue weighted by Crippen LogP contribution is 2.27. The highest BCUT2D eigenvalue weighted by molar-refractivity contribution is 5.90. The number of ether oxygens (including phenoxy) is 1. The third-order valence-corrected chi connectivity index (χ3v) is 4.36. The first-order valence-corrected chi connectivity index (χ1v) is 7.27. The monoisotopic (exact) mass is 259 g/mol. The van der Waals surface area contributed by atoms with Gasteiger partial charge in [0.2, 0.25) is 0 Å². The van der Waals surface area contributed by atoms with Crippen molar-refractivity contribution in [2.24, 2.45) is 5.92 Å². The van der Waals surface area contributed by atoms with Crippen molar-refractivity contribution >= 4 is 5.97 Å². The van der Waals surface area contributed by atoms with Crippen LogP contribution in [0.15, 0.2) is 18.2 Å². The molecule has 0 radical (unpaired) electrons. The van der Waals surface area contributed by atoms with Crippen molar-refractivity contribution in [3.8, 4) is 0 Å². The maximum atomic E-state index is 12.2. The van der Waals surface area contributed by atoms with Gasteiger partial charge in [-0.2, -0.15) is 0 Å². The van der Waals surface area contributed by atoms with E-state index in [2.05, 4.69) is 12.2 Å². The fourth-order valence-electron chi connectivity index (χ4n) is 3.08. The van der Waals surface area contributed by atoms with E-state index < -0.39 is 0 Å². The van der Waals surface area contributed by atoms with Crippen LogP contribution in [0.1, 0.15) is 54.1 Å². The Kier molecular flexibility index (Phi) is 3.56. The number of rotatable bonds is 2. The summed E-state index contributed by atoms with van der Waals surface area (Å²) >= 11 is 0. The minimum absolute atomic E-state index is 0.104. The minimum atomic E-state index is -0.159. The molecule has 0 saturated heterocycles. The van der Waals surface area contributed by atoms with Crippen molar-refractivity contribution in [3.63, 3.8) is 0 Å². The van der Waals surface area contributed by atoms with Crippen LogP contribution in [0.25, 0.3) is 0 Å². The maximum Gasteiger partial charge on any atom is 0.338 e. The molecular formula is C16H21NO2. The molecule has 1 aromatic carbocycles. The van der Waals surface area contributed by atoms with Gasteiger partial charge in [-0.15, -0.1) is 0 Å². The molecule has 0 bridgehead atoms. The van der Waals surface area contributed by atoms with E-state index in [0.29, 0.717) is 11.5 Å². The van der Waals surface area contributed by atoms with Crippen LogP contribution in [-0.2, 0) is 17.8 Å². The van der Waals surface area contributed by atoms with Crippen molar-refractivity contribution < 1.29 is 9.53 Å². The summed E-state index contributed by atoms with van der Waals surface area (Å²) in [6.07, 6.45) is 4.73. The highest BCUT2D eigenvalue weighted by atomic mass is 16.5. The van der Waals surface area contributed by atoms with Crippen LogP contribution in [-0.4, -0.2) is 12.1 Å². The van der Waals surface area contributed by atoms with Gasteiger partial charge in [0.1, 0.15) is 6.10 Å². The molecule has 3 nitrogen and oxygen atoms in total. The van der Waals surface area contributed by atoms with E-state index in [1.807, 2.05) is 18.2 Å². The molecule has 1 aliphatic carbocycles. The van der Waals surface area contributed by atoms with Gasteiger partial charge in [0, 0.05) is 13.1 Å². The van der Waals surface area contributed by atoms with Crippen LogP contribution in [0, 0.1) is 5.92 Å². The van der Waals surface area contributed by atoms with Crippen LogP contribution < -0.4 is 5.32 Å². The van der Waals surface area contributed by atoms with Gasteiger partial charge in [0.05, 0.1) is 5.56 Å². The number of fused-ring (bicyclic) bond motifs is 1. The van der Waals surface area contributed by atoms with Gasteiger partial charge in [0.15, 0.2) is 0 Å². The Labute approximate surface area is 114 Å². The molecule has 3 rings (SSSR count). The number of hydrogen-bond donors (Lipinski definition) is 1. The molecule has 2 atom stereocenters. The van der Waals surface area contributed by atoms with Gasteiger partial charge in [-0.3, -0.25) is 0 Å². The lowest BCUT2D eigenvalue weighted by Crippen LogP contribution is -2.28. The molecule has 2 aliphatic rings. The summed E-state index contributed by atoms with van der Waals surface area (Å²) in [6.45, 7) is 3.95. The van der Waals surface area contributed by atoms with E-state index in [0.717, 1.165) is 19.5 Å². The molecule has 1 heterocycles. The molecule has 1 aromatic rings. The number of esters is 1. The quantitative estimate of drug-likeness (QED) is 0.830. The molecule has 3 heteroatoms. The molecular weight excluding hydrogens is 238 g/mol. The summed E-state index contributed by atoms with van der Waals surface area (Å²) in [6, 6.07) is 5.91. The summed E-state index contributed by atoms with van der Waals surface area (Å²) in [5, 5.41) is 3.29. The summed E-state index contributed by atoms with van der Waals surface area (Å²) < 4.78 is 5.69. The van der Waals surface area contributed by atoms with Crippen LogP contribution in [0.4, 0.5) is 0 Å². The molecule has 102 valence electrons. The van der Waals surface area contributed by atoms with Gasteiger partial charge in [0.25, 0.3) is 0 Å². The first-order valence-electron chi connectivity index (χ1n) is 7.27. The first-order chi connectivity index (χ1) is 9.24. The van der Waals surface area contributed by atoms with Gasteiger partial charge in [-0.1, -0.05) is 19.4 Å². The Morgan fingerprint density at radius 1 is 1.21 bits per heavy atom. The first kappa shape index (κ1) is 12.7. The largest absolute Gasteiger partial charge is 0.459 e. The number of hydrogen-bond acceptors (Lipinski definition) is 3. The van der Waals surface area contributed by atoms with Gasteiger partial charge >= 0.3 is 5.97 Å². The van der Waals surface area contributed by atoms with Crippen molar-refractivity contribution in [1.29, 1.82) is 0 Å². The Morgan fingerprint density at radius 2 is 2.00 bits per heavy atom. The van der Waals surface area contributed by atoms with Crippen molar-refractivity contribution in [2.45, 2.75) is 51.8 Å². The average molecular weight is 259 g/mol. The summed E-state index contributed by atoms with van der Waals surface area (Å²) in [5.41, 5.74) is 3.22. The predicted molar refractivity (Wildman–Crippen MR) is 73.8 cm³/mol. The van der Waals surface area contributed by atoms with Crippen LogP contribution in [0.2, 0.25) is 0 Å². The van der Waals surface area contributed by atoms with E-state index in [9.17, 15) is 4.79 Å². The summed E-state index contributed by atoms with van der Waals surface area (Å²) in [7, 11) is 0. The standard InChI is InChI=1S/C16H21NO2/c1-11-4-2-3-5-15(11)19-16(18)12-6-7-13-9-17-10-14(13)8-12/h6-8,11,15,17H,2-5,9-10H2,1H3. The zero-order valence-electron chi connectivity index (χ0n) is 11.4.